The molecule has 0 bridgehead atoms. The Balaban J connectivity index is 1.86. The van der Waals surface area contributed by atoms with Crippen LogP contribution in [0.2, 0.25) is 0 Å². The van der Waals surface area contributed by atoms with Crippen molar-refractivity contribution >= 4 is 28.8 Å². The van der Waals surface area contributed by atoms with Gasteiger partial charge in [-0.15, -0.1) is 0 Å². The first-order valence-electron chi connectivity index (χ1n) is 10.7. The Bertz CT molecular complexity index is 1240. The molecular formula is C27H26N2O3. The van der Waals surface area contributed by atoms with E-state index < -0.39 is 5.91 Å². The van der Waals surface area contributed by atoms with Crippen LogP contribution in [0.15, 0.2) is 72.4 Å². The predicted molar refractivity (Wildman–Crippen MR) is 128 cm³/mol. The van der Waals surface area contributed by atoms with E-state index in [1.807, 2.05) is 76.2 Å². The van der Waals surface area contributed by atoms with Gasteiger partial charge in [0.2, 0.25) is 0 Å². The highest BCUT2D eigenvalue weighted by Gasteiger charge is 2.41. The molecule has 1 aliphatic rings. The molecule has 0 unspecified atom stereocenters. The summed E-state index contributed by atoms with van der Waals surface area (Å²) in [7, 11) is 0. The van der Waals surface area contributed by atoms with Crippen LogP contribution in [-0.2, 0) is 9.59 Å². The molecule has 1 heterocycles. The van der Waals surface area contributed by atoms with Crippen LogP contribution in [0.4, 0.5) is 11.4 Å². The van der Waals surface area contributed by atoms with E-state index in [9.17, 15) is 9.59 Å². The van der Waals surface area contributed by atoms with Crippen molar-refractivity contribution < 1.29 is 14.3 Å². The van der Waals surface area contributed by atoms with Gasteiger partial charge in [0.1, 0.15) is 11.4 Å². The lowest BCUT2D eigenvalue weighted by Gasteiger charge is -2.19. The number of ether oxygens (including phenoxy) is 1. The fraction of sp³-hybridized carbons (Fsp3) is 0.185. The average Bonchev–Trinajstić information content (AvgIpc) is 3.00. The van der Waals surface area contributed by atoms with E-state index in [2.05, 4.69) is 5.32 Å². The Morgan fingerprint density at radius 1 is 0.844 bits per heavy atom. The number of imide groups is 1. The first kappa shape index (κ1) is 21.4. The number of amides is 2. The lowest BCUT2D eigenvalue weighted by Crippen LogP contribution is -2.32. The molecule has 32 heavy (non-hydrogen) atoms. The van der Waals surface area contributed by atoms with E-state index in [0.29, 0.717) is 29.2 Å². The number of hydrogen-bond donors (Lipinski definition) is 1. The zero-order chi connectivity index (χ0) is 22.8. The number of nitrogens with one attached hydrogen (secondary N) is 1. The van der Waals surface area contributed by atoms with E-state index in [-0.39, 0.29) is 11.6 Å². The van der Waals surface area contributed by atoms with E-state index in [1.165, 1.54) is 4.90 Å². The summed E-state index contributed by atoms with van der Waals surface area (Å²) >= 11 is 0. The maximum Gasteiger partial charge on any atom is 0.282 e. The number of hydrogen-bond acceptors (Lipinski definition) is 4. The van der Waals surface area contributed by atoms with Gasteiger partial charge in [-0.1, -0.05) is 42.5 Å². The Kier molecular flexibility index (Phi) is 5.82. The second-order valence-corrected chi connectivity index (χ2v) is 7.89. The molecule has 3 aromatic rings. The lowest BCUT2D eigenvalue weighted by molar-refractivity contribution is -0.120. The summed E-state index contributed by atoms with van der Waals surface area (Å²) in [4.78, 5) is 28.5. The zero-order valence-electron chi connectivity index (χ0n) is 18.7. The monoisotopic (exact) mass is 426 g/mol. The number of carbonyl (C=O) groups is 2. The third-order valence-corrected chi connectivity index (χ3v) is 5.57. The summed E-state index contributed by atoms with van der Waals surface area (Å²) in [6.45, 7) is 8.30. The normalized spacial score (nSPS) is 13.7. The molecule has 0 radical (unpaired) electrons. The molecule has 0 fully saturated rings. The second-order valence-electron chi connectivity index (χ2n) is 7.89. The van der Waals surface area contributed by atoms with Crippen LogP contribution < -0.4 is 15.0 Å². The fourth-order valence-corrected chi connectivity index (χ4v) is 3.82. The third-order valence-electron chi connectivity index (χ3n) is 5.57. The van der Waals surface area contributed by atoms with Crippen LogP contribution in [0, 0.1) is 20.8 Å². The Labute approximate surface area is 188 Å². The minimum absolute atomic E-state index is 0.259. The Hall–Kier alpha value is -3.86. The number of rotatable bonds is 6. The molecule has 0 spiro atoms. The molecule has 1 aliphatic heterocycles. The molecule has 1 N–H and O–H groups in total. The number of nitrogens with zero attached hydrogens (tertiary/aromatic N) is 1. The van der Waals surface area contributed by atoms with E-state index in [0.717, 1.165) is 22.4 Å². The van der Waals surface area contributed by atoms with Gasteiger partial charge < -0.3 is 10.1 Å². The third kappa shape index (κ3) is 3.89. The standard InChI is InChI=1S/C27H26N2O3/c1-5-32-23-12-7-6-11-22(23)29-26(30)24(20-14-13-18(3)19(4)16-20)25(27(29)31)28-21-10-8-9-17(2)15-21/h6-16,28H,5H2,1-4H3. The summed E-state index contributed by atoms with van der Waals surface area (Å²) in [5.74, 6) is -0.287. The number of para-hydroxylation sites is 2. The van der Waals surface area contributed by atoms with Gasteiger partial charge in [-0.25, -0.2) is 4.90 Å². The van der Waals surface area contributed by atoms with Gasteiger partial charge in [-0.3, -0.25) is 9.59 Å². The first-order chi connectivity index (χ1) is 15.4. The van der Waals surface area contributed by atoms with E-state index in [1.54, 1.807) is 18.2 Å². The van der Waals surface area contributed by atoms with Crippen LogP contribution in [0.5, 0.6) is 5.75 Å². The Morgan fingerprint density at radius 2 is 1.62 bits per heavy atom. The molecule has 2 amide bonds. The average molecular weight is 427 g/mol. The van der Waals surface area contributed by atoms with Gasteiger partial charge in [0.25, 0.3) is 11.8 Å². The predicted octanol–water partition coefficient (Wildman–Crippen LogP) is 5.41. The quantitative estimate of drug-likeness (QED) is 0.536. The van der Waals surface area contributed by atoms with Crippen molar-refractivity contribution in [1.29, 1.82) is 0 Å². The van der Waals surface area contributed by atoms with Crippen LogP contribution in [0.1, 0.15) is 29.2 Å². The van der Waals surface area contributed by atoms with Crippen LogP contribution >= 0.6 is 0 Å². The van der Waals surface area contributed by atoms with Gasteiger partial charge in [-0.2, -0.15) is 0 Å². The van der Waals surface area contributed by atoms with Gasteiger partial charge in [0.05, 0.1) is 17.9 Å². The minimum Gasteiger partial charge on any atom is -0.492 e. The second kappa shape index (κ2) is 8.71. The molecule has 5 nitrogen and oxygen atoms in total. The van der Waals surface area contributed by atoms with Crippen molar-refractivity contribution in [3.63, 3.8) is 0 Å². The highest BCUT2D eigenvalue weighted by molar-refractivity contribution is 6.46. The van der Waals surface area contributed by atoms with Crippen molar-refractivity contribution in [2.75, 3.05) is 16.8 Å². The van der Waals surface area contributed by atoms with Gasteiger partial charge in [0.15, 0.2) is 0 Å². The molecule has 0 saturated heterocycles. The molecule has 162 valence electrons. The summed E-state index contributed by atoms with van der Waals surface area (Å²) in [5, 5.41) is 3.22. The van der Waals surface area contributed by atoms with Crippen molar-refractivity contribution in [2.45, 2.75) is 27.7 Å². The molecule has 3 aromatic carbocycles. The number of aryl methyl sites for hydroxylation is 3. The number of benzene rings is 3. The minimum atomic E-state index is -0.406. The molecule has 0 aromatic heterocycles. The fourth-order valence-electron chi connectivity index (χ4n) is 3.82. The summed E-state index contributed by atoms with van der Waals surface area (Å²) in [6.07, 6.45) is 0. The van der Waals surface area contributed by atoms with Crippen molar-refractivity contribution in [3.05, 3.63) is 94.7 Å². The highest BCUT2D eigenvalue weighted by Crippen LogP contribution is 2.38. The van der Waals surface area contributed by atoms with Gasteiger partial charge in [0, 0.05) is 5.69 Å². The lowest BCUT2D eigenvalue weighted by atomic mass is 9.99. The zero-order valence-corrected chi connectivity index (χ0v) is 18.7. The summed E-state index contributed by atoms with van der Waals surface area (Å²) < 4.78 is 5.71. The maximum atomic E-state index is 13.7. The summed E-state index contributed by atoms with van der Waals surface area (Å²) in [6, 6.07) is 20.6. The van der Waals surface area contributed by atoms with Gasteiger partial charge in [-0.05, 0) is 74.2 Å². The molecule has 0 saturated carbocycles. The highest BCUT2D eigenvalue weighted by atomic mass is 16.5. The maximum absolute atomic E-state index is 13.7. The van der Waals surface area contributed by atoms with Gasteiger partial charge >= 0.3 is 0 Å². The first-order valence-corrected chi connectivity index (χ1v) is 10.7. The van der Waals surface area contributed by atoms with Crippen molar-refractivity contribution in [3.8, 4) is 5.75 Å². The van der Waals surface area contributed by atoms with Crippen molar-refractivity contribution in [1.82, 2.24) is 0 Å². The van der Waals surface area contributed by atoms with Crippen LogP contribution in [0.3, 0.4) is 0 Å². The molecule has 4 rings (SSSR count). The van der Waals surface area contributed by atoms with Crippen LogP contribution in [-0.4, -0.2) is 18.4 Å². The SMILES string of the molecule is CCOc1ccccc1N1C(=O)C(Nc2cccc(C)c2)=C(c2ccc(C)c(C)c2)C1=O. The largest absolute Gasteiger partial charge is 0.492 e. The summed E-state index contributed by atoms with van der Waals surface area (Å²) in [5.41, 5.74) is 5.74. The molecule has 0 atom stereocenters. The molecule has 0 aliphatic carbocycles. The van der Waals surface area contributed by atoms with E-state index >= 15 is 0 Å². The van der Waals surface area contributed by atoms with Crippen LogP contribution in [0.25, 0.3) is 5.57 Å². The van der Waals surface area contributed by atoms with Crippen molar-refractivity contribution in [2.24, 2.45) is 0 Å². The molecule has 5 heteroatoms. The number of carbonyl (C=O) groups excluding carboxylic acids is 2. The molecular weight excluding hydrogens is 400 g/mol. The van der Waals surface area contributed by atoms with E-state index in [4.69, 9.17) is 4.74 Å². The smallest absolute Gasteiger partial charge is 0.282 e. The topological polar surface area (TPSA) is 58.6 Å². The Morgan fingerprint density at radius 3 is 2.34 bits per heavy atom. The number of anilines is 2.